The van der Waals surface area contributed by atoms with Crippen LogP contribution in [-0.4, -0.2) is 19.3 Å². The Morgan fingerprint density at radius 3 is 2.89 bits per heavy atom. The molecule has 0 aliphatic rings. The molecule has 0 bridgehead atoms. The van der Waals surface area contributed by atoms with E-state index in [0.717, 1.165) is 0 Å². The monoisotopic (exact) mass is 146 g/mol. The standard InChI is InChI=1S/C6H10O2S/c1-8-6(7)4-3-5-9-2/h3,5H,4H2,1-2H3/b5-3+. The van der Waals surface area contributed by atoms with E-state index in [2.05, 4.69) is 4.74 Å². The molecule has 0 spiro atoms. The number of hydrogen-bond acceptors (Lipinski definition) is 3. The molecule has 0 amide bonds. The predicted molar refractivity (Wildman–Crippen MR) is 39.3 cm³/mol. The van der Waals surface area contributed by atoms with Crippen molar-refractivity contribution >= 4 is 17.7 Å². The molecular weight excluding hydrogens is 136 g/mol. The van der Waals surface area contributed by atoms with E-state index in [0.29, 0.717) is 6.42 Å². The van der Waals surface area contributed by atoms with E-state index in [4.69, 9.17) is 0 Å². The van der Waals surface area contributed by atoms with Crippen molar-refractivity contribution in [1.29, 1.82) is 0 Å². The molecule has 0 heterocycles. The second-order valence-corrected chi connectivity index (χ2v) is 2.13. The van der Waals surface area contributed by atoms with Gasteiger partial charge in [-0.2, -0.15) is 0 Å². The zero-order valence-electron chi connectivity index (χ0n) is 5.59. The SMILES string of the molecule is COC(=O)C/C=C/SC. The first-order valence-electron chi connectivity index (χ1n) is 2.56. The summed E-state index contributed by atoms with van der Waals surface area (Å²) in [5.74, 6) is -0.194. The Morgan fingerprint density at radius 2 is 2.44 bits per heavy atom. The maximum atomic E-state index is 10.4. The molecule has 0 saturated carbocycles. The van der Waals surface area contributed by atoms with Crippen molar-refractivity contribution < 1.29 is 9.53 Å². The maximum absolute atomic E-state index is 10.4. The number of carbonyl (C=O) groups is 1. The average molecular weight is 146 g/mol. The van der Waals surface area contributed by atoms with Crippen LogP contribution in [0.5, 0.6) is 0 Å². The number of ether oxygens (including phenoxy) is 1. The lowest BCUT2D eigenvalue weighted by molar-refractivity contribution is -0.139. The van der Waals surface area contributed by atoms with Crippen molar-refractivity contribution in [3.63, 3.8) is 0 Å². The summed E-state index contributed by atoms with van der Waals surface area (Å²) in [6.45, 7) is 0. The van der Waals surface area contributed by atoms with Crippen LogP contribution in [0.15, 0.2) is 11.5 Å². The zero-order chi connectivity index (χ0) is 7.11. The van der Waals surface area contributed by atoms with E-state index in [1.807, 2.05) is 11.7 Å². The van der Waals surface area contributed by atoms with E-state index in [1.165, 1.54) is 7.11 Å². The fraction of sp³-hybridized carbons (Fsp3) is 0.500. The van der Waals surface area contributed by atoms with Gasteiger partial charge in [0.15, 0.2) is 0 Å². The van der Waals surface area contributed by atoms with E-state index in [9.17, 15) is 4.79 Å². The van der Waals surface area contributed by atoms with Crippen molar-refractivity contribution in [1.82, 2.24) is 0 Å². The highest BCUT2D eigenvalue weighted by Crippen LogP contribution is 1.95. The summed E-state index contributed by atoms with van der Waals surface area (Å²) in [4.78, 5) is 10.4. The Hall–Kier alpha value is -0.440. The molecule has 0 rings (SSSR count). The van der Waals surface area contributed by atoms with Gasteiger partial charge in [-0.05, 0) is 11.7 Å². The molecule has 52 valence electrons. The third-order valence-corrected chi connectivity index (χ3v) is 1.21. The second kappa shape index (κ2) is 5.69. The van der Waals surface area contributed by atoms with Crippen molar-refractivity contribution in [2.24, 2.45) is 0 Å². The molecule has 0 fully saturated rings. The number of rotatable bonds is 3. The Labute approximate surface area is 59.3 Å². The highest BCUT2D eigenvalue weighted by Gasteiger charge is 1.91. The highest BCUT2D eigenvalue weighted by atomic mass is 32.2. The van der Waals surface area contributed by atoms with Gasteiger partial charge in [-0.25, -0.2) is 0 Å². The summed E-state index contributed by atoms with van der Waals surface area (Å²) in [7, 11) is 1.38. The van der Waals surface area contributed by atoms with E-state index >= 15 is 0 Å². The Bertz CT molecular complexity index is 110. The molecule has 0 radical (unpaired) electrons. The second-order valence-electron chi connectivity index (χ2n) is 1.39. The van der Waals surface area contributed by atoms with Gasteiger partial charge in [-0.3, -0.25) is 4.79 Å². The molecule has 0 aromatic rings. The van der Waals surface area contributed by atoms with Crippen LogP contribution in [0.1, 0.15) is 6.42 Å². The van der Waals surface area contributed by atoms with Crippen molar-refractivity contribution in [2.75, 3.05) is 13.4 Å². The summed E-state index contributed by atoms with van der Waals surface area (Å²) < 4.78 is 4.40. The van der Waals surface area contributed by atoms with Gasteiger partial charge in [-0.1, -0.05) is 6.08 Å². The van der Waals surface area contributed by atoms with Crippen LogP contribution in [0, 0.1) is 0 Å². The van der Waals surface area contributed by atoms with E-state index in [1.54, 1.807) is 17.8 Å². The fourth-order valence-electron chi connectivity index (χ4n) is 0.324. The molecule has 0 aliphatic heterocycles. The number of methoxy groups -OCH3 is 1. The molecule has 0 aromatic heterocycles. The van der Waals surface area contributed by atoms with Gasteiger partial charge in [0.1, 0.15) is 0 Å². The normalized spacial score (nSPS) is 10.0. The molecule has 9 heavy (non-hydrogen) atoms. The summed E-state index contributed by atoms with van der Waals surface area (Å²) in [6, 6.07) is 0. The maximum Gasteiger partial charge on any atom is 0.309 e. The van der Waals surface area contributed by atoms with Crippen LogP contribution >= 0.6 is 11.8 Å². The lowest BCUT2D eigenvalue weighted by Gasteiger charge is -1.90. The molecule has 0 aromatic carbocycles. The molecule has 0 saturated heterocycles. The minimum Gasteiger partial charge on any atom is -0.469 e. The average Bonchev–Trinajstić information content (AvgIpc) is 1.89. The Kier molecular flexibility index (Phi) is 5.41. The highest BCUT2D eigenvalue weighted by molar-refractivity contribution is 8.01. The van der Waals surface area contributed by atoms with Gasteiger partial charge in [0.2, 0.25) is 0 Å². The molecule has 0 aliphatic carbocycles. The number of hydrogen-bond donors (Lipinski definition) is 0. The molecule has 0 atom stereocenters. The Balaban J connectivity index is 3.26. The van der Waals surface area contributed by atoms with Gasteiger partial charge in [0.05, 0.1) is 13.5 Å². The van der Waals surface area contributed by atoms with Crippen molar-refractivity contribution in [3.05, 3.63) is 11.5 Å². The number of esters is 1. The van der Waals surface area contributed by atoms with Gasteiger partial charge >= 0.3 is 5.97 Å². The van der Waals surface area contributed by atoms with Gasteiger partial charge < -0.3 is 4.74 Å². The molecule has 2 nitrogen and oxygen atoms in total. The van der Waals surface area contributed by atoms with E-state index < -0.39 is 0 Å². The van der Waals surface area contributed by atoms with Crippen LogP contribution < -0.4 is 0 Å². The van der Waals surface area contributed by atoms with Crippen LogP contribution in [0.2, 0.25) is 0 Å². The van der Waals surface area contributed by atoms with Crippen LogP contribution in [0.3, 0.4) is 0 Å². The summed E-state index contributed by atoms with van der Waals surface area (Å²) in [5.41, 5.74) is 0. The molecular formula is C6H10O2S. The summed E-state index contributed by atoms with van der Waals surface area (Å²) >= 11 is 1.57. The van der Waals surface area contributed by atoms with Crippen LogP contribution in [0.25, 0.3) is 0 Å². The minimum atomic E-state index is -0.194. The lowest BCUT2D eigenvalue weighted by Crippen LogP contribution is -1.96. The quantitative estimate of drug-likeness (QED) is 0.563. The van der Waals surface area contributed by atoms with Crippen molar-refractivity contribution in [3.8, 4) is 0 Å². The molecule has 0 unspecified atom stereocenters. The number of carbonyl (C=O) groups excluding carboxylic acids is 1. The zero-order valence-corrected chi connectivity index (χ0v) is 6.40. The largest absolute Gasteiger partial charge is 0.469 e. The fourth-order valence-corrected chi connectivity index (χ4v) is 0.613. The molecule has 3 heteroatoms. The van der Waals surface area contributed by atoms with E-state index in [-0.39, 0.29) is 5.97 Å². The topological polar surface area (TPSA) is 26.3 Å². The summed E-state index contributed by atoms with van der Waals surface area (Å²) in [6.07, 6.45) is 4.08. The first kappa shape index (κ1) is 8.56. The lowest BCUT2D eigenvalue weighted by atomic mass is 10.4. The van der Waals surface area contributed by atoms with Crippen LogP contribution in [0.4, 0.5) is 0 Å². The predicted octanol–water partition coefficient (Wildman–Crippen LogP) is 1.43. The number of thioether (sulfide) groups is 1. The third kappa shape index (κ3) is 5.43. The van der Waals surface area contributed by atoms with Crippen LogP contribution in [-0.2, 0) is 9.53 Å². The van der Waals surface area contributed by atoms with Gasteiger partial charge in [-0.15, -0.1) is 11.8 Å². The van der Waals surface area contributed by atoms with Crippen molar-refractivity contribution in [2.45, 2.75) is 6.42 Å². The van der Waals surface area contributed by atoms with Gasteiger partial charge in [0.25, 0.3) is 0 Å². The molecule has 0 N–H and O–H groups in total. The third-order valence-electron chi connectivity index (χ3n) is 0.744. The summed E-state index contributed by atoms with van der Waals surface area (Å²) in [5, 5.41) is 1.86. The first-order valence-corrected chi connectivity index (χ1v) is 3.84. The van der Waals surface area contributed by atoms with Gasteiger partial charge in [0, 0.05) is 0 Å². The smallest absolute Gasteiger partial charge is 0.309 e. The Morgan fingerprint density at radius 1 is 1.78 bits per heavy atom. The minimum absolute atomic E-state index is 0.194. The first-order chi connectivity index (χ1) is 4.31.